The summed E-state index contributed by atoms with van der Waals surface area (Å²) in [7, 11) is 0. The first-order valence-electron chi connectivity index (χ1n) is 6.03. The molecule has 1 amide bonds. The third-order valence-corrected chi connectivity index (χ3v) is 2.79. The fourth-order valence-electron chi connectivity index (χ4n) is 1.36. The minimum absolute atomic E-state index is 0.195. The summed E-state index contributed by atoms with van der Waals surface area (Å²) < 4.78 is 43.2. The van der Waals surface area contributed by atoms with Gasteiger partial charge >= 0.3 is 6.18 Å². The molecule has 1 atom stereocenters. The van der Waals surface area contributed by atoms with E-state index in [1.807, 2.05) is 0 Å². The van der Waals surface area contributed by atoms with E-state index in [2.05, 4.69) is 5.32 Å². The second kappa shape index (κ2) is 6.23. The molecule has 0 spiro atoms. The number of benzene rings is 1. The molecule has 7 heteroatoms. The zero-order valence-electron chi connectivity index (χ0n) is 11.3. The maximum absolute atomic E-state index is 12.7. The predicted molar refractivity (Wildman–Crippen MR) is 69.0 cm³/mol. The molecule has 20 heavy (non-hydrogen) atoms. The highest BCUT2D eigenvalue weighted by Gasteiger charge is 2.54. The van der Waals surface area contributed by atoms with Gasteiger partial charge in [-0.1, -0.05) is 18.2 Å². The normalized spacial score (nSPS) is 14.7. The Balaban J connectivity index is 2.91. The number of rotatable bonds is 5. The van der Waals surface area contributed by atoms with Crippen molar-refractivity contribution in [2.24, 2.45) is 5.73 Å². The molecule has 0 aliphatic rings. The molecule has 0 fully saturated rings. The highest BCUT2D eigenvalue weighted by molar-refractivity contribution is 5.98. The molecule has 0 bridgehead atoms. The van der Waals surface area contributed by atoms with Crippen LogP contribution in [0.5, 0.6) is 0 Å². The highest BCUT2D eigenvalue weighted by atomic mass is 19.4. The number of carbonyl (C=O) groups is 1. The van der Waals surface area contributed by atoms with Gasteiger partial charge < -0.3 is 15.8 Å². The van der Waals surface area contributed by atoms with Gasteiger partial charge in [0, 0.05) is 17.9 Å². The van der Waals surface area contributed by atoms with Crippen molar-refractivity contribution < 1.29 is 22.7 Å². The van der Waals surface area contributed by atoms with E-state index >= 15 is 0 Å². The van der Waals surface area contributed by atoms with Crippen LogP contribution in [-0.2, 0) is 16.1 Å². The number of anilines is 1. The van der Waals surface area contributed by atoms with Crippen molar-refractivity contribution >= 4 is 11.6 Å². The monoisotopic (exact) mass is 290 g/mol. The van der Waals surface area contributed by atoms with Crippen LogP contribution in [0.15, 0.2) is 24.3 Å². The van der Waals surface area contributed by atoms with E-state index in [-0.39, 0.29) is 12.3 Å². The number of hydrogen-bond acceptors (Lipinski definition) is 3. The van der Waals surface area contributed by atoms with Crippen LogP contribution in [0.1, 0.15) is 19.4 Å². The van der Waals surface area contributed by atoms with Crippen molar-refractivity contribution in [2.45, 2.75) is 32.2 Å². The van der Waals surface area contributed by atoms with Gasteiger partial charge in [-0.25, -0.2) is 0 Å². The number of amides is 1. The Labute approximate surface area is 115 Å². The van der Waals surface area contributed by atoms with Crippen molar-refractivity contribution in [1.82, 2.24) is 0 Å². The molecule has 1 unspecified atom stereocenters. The Morgan fingerprint density at radius 1 is 1.35 bits per heavy atom. The molecule has 0 aliphatic carbocycles. The first-order chi connectivity index (χ1) is 9.20. The number of ether oxygens (including phenoxy) is 1. The SMILES string of the molecule is CCOCc1ccccc1NC(=O)C(C)(N)C(F)(F)F. The van der Waals surface area contributed by atoms with Gasteiger partial charge in [0.15, 0.2) is 5.54 Å². The van der Waals surface area contributed by atoms with Crippen molar-refractivity contribution in [3.8, 4) is 0 Å². The number of halogens is 3. The van der Waals surface area contributed by atoms with Crippen LogP contribution in [0.25, 0.3) is 0 Å². The maximum atomic E-state index is 12.7. The summed E-state index contributed by atoms with van der Waals surface area (Å²) in [5, 5.41) is 2.20. The number of nitrogens with one attached hydrogen (secondary N) is 1. The lowest BCUT2D eigenvalue weighted by Gasteiger charge is -2.26. The van der Waals surface area contributed by atoms with Crippen LogP contribution in [0.2, 0.25) is 0 Å². The molecule has 3 N–H and O–H groups in total. The summed E-state index contributed by atoms with van der Waals surface area (Å²) in [6, 6.07) is 6.47. The van der Waals surface area contributed by atoms with E-state index < -0.39 is 17.6 Å². The zero-order chi connectivity index (χ0) is 15.4. The molecule has 0 heterocycles. The Morgan fingerprint density at radius 3 is 2.50 bits per heavy atom. The third kappa shape index (κ3) is 3.71. The molecule has 0 aromatic heterocycles. The molecule has 0 aliphatic heterocycles. The summed E-state index contributed by atoms with van der Waals surface area (Å²) in [5.41, 5.74) is 2.95. The molecule has 112 valence electrons. The fraction of sp³-hybridized carbons (Fsp3) is 0.462. The zero-order valence-corrected chi connectivity index (χ0v) is 11.3. The smallest absolute Gasteiger partial charge is 0.377 e. The second-order valence-electron chi connectivity index (χ2n) is 4.45. The van der Waals surface area contributed by atoms with Gasteiger partial charge in [0.05, 0.1) is 6.61 Å². The summed E-state index contributed by atoms with van der Waals surface area (Å²) in [6.07, 6.45) is -4.83. The first kappa shape index (κ1) is 16.5. The van der Waals surface area contributed by atoms with Gasteiger partial charge in [-0.05, 0) is 19.9 Å². The lowest BCUT2D eigenvalue weighted by Crippen LogP contribution is -2.59. The van der Waals surface area contributed by atoms with Gasteiger partial charge in [0.25, 0.3) is 5.91 Å². The summed E-state index contributed by atoms with van der Waals surface area (Å²) in [6.45, 7) is 3.08. The van der Waals surface area contributed by atoms with Gasteiger partial charge in [0.1, 0.15) is 0 Å². The van der Waals surface area contributed by atoms with Crippen LogP contribution >= 0.6 is 0 Å². The summed E-state index contributed by atoms with van der Waals surface area (Å²) in [4.78, 5) is 11.7. The van der Waals surface area contributed by atoms with E-state index in [9.17, 15) is 18.0 Å². The molecule has 1 aromatic carbocycles. The van der Waals surface area contributed by atoms with E-state index in [0.29, 0.717) is 19.1 Å². The van der Waals surface area contributed by atoms with Gasteiger partial charge in [0.2, 0.25) is 0 Å². The highest BCUT2D eigenvalue weighted by Crippen LogP contribution is 2.29. The van der Waals surface area contributed by atoms with Crippen LogP contribution in [-0.4, -0.2) is 24.2 Å². The number of nitrogens with two attached hydrogens (primary N) is 1. The van der Waals surface area contributed by atoms with Crippen LogP contribution in [0, 0.1) is 0 Å². The van der Waals surface area contributed by atoms with Crippen molar-refractivity contribution in [3.63, 3.8) is 0 Å². The van der Waals surface area contributed by atoms with Crippen molar-refractivity contribution in [2.75, 3.05) is 11.9 Å². The summed E-state index contributed by atoms with van der Waals surface area (Å²) in [5.74, 6) is -1.31. The number of hydrogen-bond donors (Lipinski definition) is 2. The maximum Gasteiger partial charge on any atom is 0.415 e. The minimum atomic E-state index is -4.83. The average molecular weight is 290 g/mol. The standard InChI is InChI=1S/C13H17F3N2O2/c1-3-20-8-9-6-4-5-7-10(9)18-11(19)12(2,17)13(14,15)16/h4-7H,3,8,17H2,1-2H3,(H,18,19). The van der Waals surface area contributed by atoms with Gasteiger partial charge in [-0.2, -0.15) is 13.2 Å². The fourth-order valence-corrected chi connectivity index (χ4v) is 1.36. The van der Waals surface area contributed by atoms with Gasteiger partial charge in [-0.15, -0.1) is 0 Å². The van der Waals surface area contributed by atoms with Crippen molar-refractivity contribution in [3.05, 3.63) is 29.8 Å². The van der Waals surface area contributed by atoms with E-state index in [4.69, 9.17) is 10.5 Å². The third-order valence-electron chi connectivity index (χ3n) is 2.79. The Hall–Kier alpha value is -1.60. The molecule has 0 radical (unpaired) electrons. The Bertz CT molecular complexity index is 473. The van der Waals surface area contributed by atoms with Crippen LogP contribution in [0.3, 0.4) is 0 Å². The van der Waals surface area contributed by atoms with E-state index in [1.165, 1.54) is 6.07 Å². The predicted octanol–water partition coefficient (Wildman–Crippen LogP) is 2.44. The molecular weight excluding hydrogens is 273 g/mol. The minimum Gasteiger partial charge on any atom is -0.377 e. The second-order valence-corrected chi connectivity index (χ2v) is 4.45. The molecule has 0 saturated heterocycles. The van der Waals surface area contributed by atoms with E-state index in [1.54, 1.807) is 25.1 Å². The molecule has 1 rings (SSSR count). The Kier molecular flexibility index (Phi) is 5.13. The topological polar surface area (TPSA) is 64.3 Å². The largest absolute Gasteiger partial charge is 0.415 e. The van der Waals surface area contributed by atoms with Crippen LogP contribution in [0.4, 0.5) is 18.9 Å². The molecule has 1 aromatic rings. The lowest BCUT2D eigenvalue weighted by atomic mass is 10.0. The summed E-state index contributed by atoms with van der Waals surface area (Å²) >= 11 is 0. The lowest BCUT2D eigenvalue weighted by molar-refractivity contribution is -0.184. The number of para-hydroxylation sites is 1. The first-order valence-corrected chi connectivity index (χ1v) is 6.03. The number of carbonyl (C=O) groups excluding carboxylic acids is 1. The number of alkyl halides is 3. The van der Waals surface area contributed by atoms with Crippen LogP contribution < -0.4 is 11.1 Å². The molecular formula is C13H17F3N2O2. The Morgan fingerprint density at radius 2 is 1.95 bits per heavy atom. The molecule has 0 saturated carbocycles. The molecule has 4 nitrogen and oxygen atoms in total. The average Bonchev–Trinajstić information content (AvgIpc) is 2.36. The van der Waals surface area contributed by atoms with E-state index in [0.717, 1.165) is 0 Å². The quantitative estimate of drug-likeness (QED) is 0.875. The van der Waals surface area contributed by atoms with Crippen molar-refractivity contribution in [1.29, 1.82) is 0 Å². The van der Waals surface area contributed by atoms with Gasteiger partial charge in [-0.3, -0.25) is 4.79 Å².